The normalized spacial score (nSPS) is 10.2. The maximum atomic E-state index is 12.1. The van der Waals surface area contributed by atoms with Crippen molar-refractivity contribution in [3.05, 3.63) is 95.0 Å². The summed E-state index contributed by atoms with van der Waals surface area (Å²) in [6.45, 7) is 0.316. The average molecular weight is 442 g/mol. The van der Waals surface area contributed by atoms with Crippen molar-refractivity contribution in [3.63, 3.8) is 0 Å². The summed E-state index contributed by atoms with van der Waals surface area (Å²) in [5, 5.41) is 0. The molecule has 0 amide bonds. The maximum Gasteiger partial charge on any atom is 0.200 e. The van der Waals surface area contributed by atoms with E-state index in [1.54, 1.807) is 18.2 Å². The van der Waals surface area contributed by atoms with Crippen molar-refractivity contribution in [2.75, 3.05) is 25.2 Å². The lowest BCUT2D eigenvalue weighted by atomic mass is 10.1. The first kappa shape index (κ1) is 21.8. The molecule has 3 rings (SSSR count). The molecule has 4 nitrogen and oxygen atoms in total. The van der Waals surface area contributed by atoms with Gasteiger partial charge >= 0.3 is 0 Å². The number of nitrogens with zero attached hydrogens (tertiary/aromatic N) is 1. The minimum Gasteiger partial charge on any atom is -0.489 e. The Labute approximate surface area is 186 Å². The molecular formula is C24H21Cl2NO3. The number of ketones is 1. The van der Waals surface area contributed by atoms with Gasteiger partial charge in [0.15, 0.2) is 12.4 Å². The molecule has 0 unspecified atom stereocenters. The van der Waals surface area contributed by atoms with Crippen LogP contribution in [0.5, 0.6) is 11.5 Å². The molecule has 0 aliphatic carbocycles. The van der Waals surface area contributed by atoms with Gasteiger partial charge in [-0.15, -0.1) is 0 Å². The van der Waals surface area contributed by atoms with Crippen molar-refractivity contribution in [1.82, 2.24) is 0 Å². The highest BCUT2D eigenvalue weighted by atomic mass is 35.5. The second-order valence-electron chi connectivity index (χ2n) is 6.43. The summed E-state index contributed by atoms with van der Waals surface area (Å²) < 4.78 is 11.4. The van der Waals surface area contributed by atoms with Crippen LogP contribution in [0, 0.1) is 0 Å². The summed E-state index contributed by atoms with van der Waals surface area (Å²) in [7, 11) is 1.97. The molecule has 0 atom stereocenters. The molecule has 30 heavy (non-hydrogen) atoms. The van der Waals surface area contributed by atoms with Gasteiger partial charge in [-0.2, -0.15) is 0 Å². The van der Waals surface area contributed by atoms with Gasteiger partial charge in [-0.3, -0.25) is 4.79 Å². The van der Waals surface area contributed by atoms with Crippen LogP contribution in [-0.4, -0.2) is 26.0 Å². The molecule has 3 aromatic rings. The van der Waals surface area contributed by atoms with Gasteiger partial charge in [-0.1, -0.05) is 53.5 Å². The van der Waals surface area contributed by atoms with Crippen LogP contribution in [0.1, 0.15) is 10.4 Å². The zero-order valence-corrected chi connectivity index (χ0v) is 17.9. The Balaban J connectivity index is 1.56. The molecule has 0 saturated carbocycles. The predicted molar refractivity (Wildman–Crippen MR) is 122 cm³/mol. The molecule has 0 saturated heterocycles. The van der Waals surface area contributed by atoms with Crippen LogP contribution in [0.15, 0.2) is 89.4 Å². The van der Waals surface area contributed by atoms with Crippen LogP contribution in [0.25, 0.3) is 0 Å². The molecule has 6 heteroatoms. The van der Waals surface area contributed by atoms with Gasteiger partial charge in [0, 0.05) is 24.0 Å². The van der Waals surface area contributed by atoms with Crippen molar-refractivity contribution < 1.29 is 14.3 Å². The molecule has 0 fully saturated rings. The number of halogens is 2. The molecule has 0 spiro atoms. The first-order chi connectivity index (χ1) is 14.5. The Morgan fingerprint density at radius 1 is 0.833 bits per heavy atom. The second-order valence-corrected chi connectivity index (χ2v) is 7.44. The lowest BCUT2D eigenvalue weighted by Gasteiger charge is -2.20. The number of Topliss-reactive ketones (excluding diaryl/α,β-unsaturated/α-hetero) is 1. The van der Waals surface area contributed by atoms with Gasteiger partial charge in [0.05, 0.1) is 0 Å². The molecule has 0 N–H and O–H groups in total. The van der Waals surface area contributed by atoms with E-state index in [1.165, 1.54) is 0 Å². The lowest BCUT2D eigenvalue weighted by Crippen LogP contribution is -2.12. The second kappa shape index (κ2) is 10.7. The third-order valence-electron chi connectivity index (χ3n) is 4.40. The molecule has 3 aromatic carbocycles. The molecule has 0 aliphatic heterocycles. The largest absolute Gasteiger partial charge is 0.489 e. The fraction of sp³-hybridized carbons (Fsp3) is 0.125. The van der Waals surface area contributed by atoms with Crippen molar-refractivity contribution in [2.24, 2.45) is 0 Å². The van der Waals surface area contributed by atoms with E-state index in [2.05, 4.69) is 0 Å². The van der Waals surface area contributed by atoms with Crippen LogP contribution in [0.4, 0.5) is 11.4 Å². The van der Waals surface area contributed by atoms with Gasteiger partial charge < -0.3 is 14.4 Å². The number of anilines is 2. The summed E-state index contributed by atoms with van der Waals surface area (Å²) in [6, 6.07) is 24.4. The number of hydrogen-bond acceptors (Lipinski definition) is 4. The first-order valence-electron chi connectivity index (χ1n) is 9.32. The van der Waals surface area contributed by atoms with Gasteiger partial charge in [-0.05, 0) is 54.6 Å². The van der Waals surface area contributed by atoms with Crippen molar-refractivity contribution >= 4 is 40.4 Å². The van der Waals surface area contributed by atoms with Gasteiger partial charge in [-0.25, -0.2) is 0 Å². The molecular weight excluding hydrogens is 421 g/mol. The number of carbonyl (C=O) groups is 1. The fourth-order valence-corrected chi connectivity index (χ4v) is 2.86. The fourth-order valence-electron chi connectivity index (χ4n) is 2.74. The van der Waals surface area contributed by atoms with Crippen LogP contribution < -0.4 is 14.4 Å². The summed E-state index contributed by atoms with van der Waals surface area (Å²) in [5.74, 6) is 1.32. The van der Waals surface area contributed by atoms with Crippen LogP contribution in [-0.2, 0) is 0 Å². The van der Waals surface area contributed by atoms with E-state index < -0.39 is 0 Å². The molecule has 0 radical (unpaired) electrons. The van der Waals surface area contributed by atoms with E-state index in [9.17, 15) is 4.79 Å². The molecule has 154 valence electrons. The van der Waals surface area contributed by atoms with E-state index in [-0.39, 0.29) is 16.9 Å². The van der Waals surface area contributed by atoms with Crippen molar-refractivity contribution in [1.29, 1.82) is 0 Å². The quantitative estimate of drug-likeness (QED) is 0.359. The molecule has 0 aromatic heterocycles. The highest BCUT2D eigenvalue weighted by molar-refractivity contribution is 6.55. The van der Waals surface area contributed by atoms with E-state index in [0.717, 1.165) is 17.1 Å². The minimum absolute atomic E-state index is 0.00474. The summed E-state index contributed by atoms with van der Waals surface area (Å²) in [4.78, 5) is 14.2. The third kappa shape index (κ3) is 6.28. The Hall–Kier alpha value is -2.95. The zero-order chi connectivity index (χ0) is 21.3. The Kier molecular flexibility index (Phi) is 7.77. The Morgan fingerprint density at radius 3 is 1.90 bits per heavy atom. The van der Waals surface area contributed by atoms with Crippen LogP contribution >= 0.6 is 23.2 Å². The number of hydrogen-bond donors (Lipinski definition) is 0. The summed E-state index contributed by atoms with van der Waals surface area (Å²) >= 11 is 11.1. The number of carbonyl (C=O) groups excluding carboxylic acids is 1. The zero-order valence-electron chi connectivity index (χ0n) is 16.4. The summed E-state index contributed by atoms with van der Waals surface area (Å²) in [6.07, 6.45) is 1.58. The number of rotatable bonds is 9. The SMILES string of the molecule is CN(c1ccc(OCC=C(Cl)Cl)cc1)c1ccc(OCC(=O)c2ccccc2)cc1. The topological polar surface area (TPSA) is 38.8 Å². The standard InChI is InChI=1S/C24H21Cl2NO3/c1-27(19-7-11-21(12-8-19)29-16-15-24(25)26)20-9-13-22(14-10-20)30-17-23(28)18-5-3-2-4-6-18/h2-15H,16-17H2,1H3. The van der Waals surface area contributed by atoms with Crippen molar-refractivity contribution in [2.45, 2.75) is 0 Å². The van der Waals surface area contributed by atoms with Crippen LogP contribution in [0.3, 0.4) is 0 Å². The number of ether oxygens (including phenoxy) is 2. The molecule has 0 aliphatic rings. The van der Waals surface area contributed by atoms with E-state index in [0.29, 0.717) is 17.9 Å². The predicted octanol–water partition coefficient (Wildman–Crippen LogP) is 6.41. The van der Waals surface area contributed by atoms with Crippen molar-refractivity contribution in [3.8, 4) is 11.5 Å². The first-order valence-corrected chi connectivity index (χ1v) is 10.1. The van der Waals surface area contributed by atoms with Crippen LogP contribution in [0.2, 0.25) is 0 Å². The van der Waals surface area contributed by atoms with E-state index in [4.69, 9.17) is 32.7 Å². The minimum atomic E-state index is -0.0529. The summed E-state index contributed by atoms with van der Waals surface area (Å²) in [5.41, 5.74) is 2.63. The Morgan fingerprint density at radius 2 is 1.37 bits per heavy atom. The molecule has 0 bridgehead atoms. The third-order valence-corrected chi connectivity index (χ3v) is 4.71. The van der Waals surface area contributed by atoms with Gasteiger partial charge in [0.1, 0.15) is 22.6 Å². The lowest BCUT2D eigenvalue weighted by molar-refractivity contribution is 0.0921. The average Bonchev–Trinajstić information content (AvgIpc) is 2.78. The Bertz CT molecular complexity index is 983. The number of benzene rings is 3. The highest BCUT2D eigenvalue weighted by Crippen LogP contribution is 2.27. The highest BCUT2D eigenvalue weighted by Gasteiger charge is 2.08. The van der Waals surface area contributed by atoms with Gasteiger partial charge in [0.25, 0.3) is 0 Å². The smallest absolute Gasteiger partial charge is 0.200 e. The van der Waals surface area contributed by atoms with E-state index >= 15 is 0 Å². The van der Waals surface area contributed by atoms with E-state index in [1.807, 2.05) is 78.7 Å². The maximum absolute atomic E-state index is 12.1. The van der Waals surface area contributed by atoms with Gasteiger partial charge in [0.2, 0.25) is 0 Å². The monoisotopic (exact) mass is 441 g/mol. The molecule has 0 heterocycles.